The van der Waals surface area contributed by atoms with Gasteiger partial charge in [0, 0.05) is 12.6 Å². The van der Waals surface area contributed by atoms with E-state index in [1.807, 2.05) is 6.92 Å². The van der Waals surface area contributed by atoms with Gasteiger partial charge in [-0.3, -0.25) is 0 Å². The molecule has 14 heavy (non-hydrogen) atoms. The van der Waals surface area contributed by atoms with E-state index in [4.69, 9.17) is 9.47 Å². The fraction of sp³-hybridized carbons (Fsp3) is 1.00. The standard InChI is InChI=1S/C11H23NO2/c1-3-12-10-6-5-7-11(10)14-9-8-13-4-2/h10-12H,3-9H2,1-2H3. The molecule has 0 radical (unpaired) electrons. The van der Waals surface area contributed by atoms with Crippen LogP contribution in [0.1, 0.15) is 33.1 Å². The topological polar surface area (TPSA) is 30.5 Å². The Kier molecular flexibility index (Phi) is 6.15. The zero-order valence-electron chi connectivity index (χ0n) is 9.42. The van der Waals surface area contributed by atoms with Crippen LogP contribution in [0.3, 0.4) is 0 Å². The van der Waals surface area contributed by atoms with Crippen LogP contribution in [0.2, 0.25) is 0 Å². The van der Waals surface area contributed by atoms with Gasteiger partial charge in [-0.05, 0) is 32.7 Å². The SMILES string of the molecule is CCNC1CCCC1OCCOCC. The molecule has 0 aromatic rings. The van der Waals surface area contributed by atoms with Crippen LogP contribution in [0.15, 0.2) is 0 Å². The first-order chi connectivity index (χ1) is 6.88. The third kappa shape index (κ3) is 3.95. The van der Waals surface area contributed by atoms with Gasteiger partial charge in [-0.25, -0.2) is 0 Å². The maximum Gasteiger partial charge on any atom is 0.0729 e. The summed E-state index contributed by atoms with van der Waals surface area (Å²) in [5.74, 6) is 0. The van der Waals surface area contributed by atoms with E-state index >= 15 is 0 Å². The van der Waals surface area contributed by atoms with Gasteiger partial charge in [0.15, 0.2) is 0 Å². The summed E-state index contributed by atoms with van der Waals surface area (Å²) >= 11 is 0. The van der Waals surface area contributed by atoms with Crippen molar-refractivity contribution in [2.75, 3.05) is 26.4 Å². The van der Waals surface area contributed by atoms with Crippen LogP contribution in [0.25, 0.3) is 0 Å². The van der Waals surface area contributed by atoms with E-state index in [2.05, 4.69) is 12.2 Å². The predicted molar refractivity (Wildman–Crippen MR) is 57.5 cm³/mol. The molecule has 2 atom stereocenters. The highest BCUT2D eigenvalue weighted by molar-refractivity contribution is 4.83. The Balaban J connectivity index is 2.09. The van der Waals surface area contributed by atoms with E-state index in [1.165, 1.54) is 19.3 Å². The number of hydrogen-bond acceptors (Lipinski definition) is 3. The van der Waals surface area contributed by atoms with E-state index in [0.29, 0.717) is 12.1 Å². The lowest BCUT2D eigenvalue weighted by Gasteiger charge is -2.20. The summed E-state index contributed by atoms with van der Waals surface area (Å²) < 4.78 is 11.0. The van der Waals surface area contributed by atoms with Crippen molar-refractivity contribution in [1.82, 2.24) is 5.32 Å². The number of rotatable bonds is 7. The van der Waals surface area contributed by atoms with Crippen LogP contribution in [-0.2, 0) is 9.47 Å². The van der Waals surface area contributed by atoms with Crippen molar-refractivity contribution in [1.29, 1.82) is 0 Å². The fourth-order valence-corrected chi connectivity index (χ4v) is 2.02. The van der Waals surface area contributed by atoms with Gasteiger partial charge < -0.3 is 14.8 Å². The quantitative estimate of drug-likeness (QED) is 0.634. The fourth-order valence-electron chi connectivity index (χ4n) is 2.02. The first kappa shape index (κ1) is 12.0. The summed E-state index contributed by atoms with van der Waals surface area (Å²) in [4.78, 5) is 0. The second-order valence-electron chi connectivity index (χ2n) is 3.70. The molecule has 84 valence electrons. The van der Waals surface area contributed by atoms with Crippen molar-refractivity contribution in [2.45, 2.75) is 45.3 Å². The van der Waals surface area contributed by atoms with Gasteiger partial charge in [0.2, 0.25) is 0 Å². The van der Waals surface area contributed by atoms with E-state index in [1.54, 1.807) is 0 Å². The molecule has 3 nitrogen and oxygen atoms in total. The van der Waals surface area contributed by atoms with Crippen molar-refractivity contribution < 1.29 is 9.47 Å². The largest absolute Gasteiger partial charge is 0.379 e. The molecule has 3 heteroatoms. The van der Waals surface area contributed by atoms with Crippen molar-refractivity contribution in [2.24, 2.45) is 0 Å². The van der Waals surface area contributed by atoms with Crippen LogP contribution in [0.4, 0.5) is 0 Å². The monoisotopic (exact) mass is 201 g/mol. The minimum absolute atomic E-state index is 0.412. The van der Waals surface area contributed by atoms with Crippen LogP contribution < -0.4 is 5.32 Å². The van der Waals surface area contributed by atoms with Crippen LogP contribution in [-0.4, -0.2) is 38.5 Å². The summed E-state index contributed by atoms with van der Waals surface area (Å²) in [5.41, 5.74) is 0. The van der Waals surface area contributed by atoms with Gasteiger partial charge in [0.25, 0.3) is 0 Å². The second kappa shape index (κ2) is 7.21. The molecular weight excluding hydrogens is 178 g/mol. The highest BCUT2D eigenvalue weighted by Crippen LogP contribution is 2.21. The second-order valence-corrected chi connectivity index (χ2v) is 3.70. The van der Waals surface area contributed by atoms with Crippen LogP contribution >= 0.6 is 0 Å². The molecule has 1 rings (SSSR count). The normalized spacial score (nSPS) is 27.0. The summed E-state index contributed by atoms with van der Waals surface area (Å²) in [6, 6.07) is 0.571. The van der Waals surface area contributed by atoms with Crippen LogP contribution in [0, 0.1) is 0 Å². The molecule has 2 unspecified atom stereocenters. The van der Waals surface area contributed by atoms with E-state index < -0.39 is 0 Å². The minimum atomic E-state index is 0.412. The smallest absolute Gasteiger partial charge is 0.0729 e. The molecule has 0 bridgehead atoms. The Morgan fingerprint density at radius 2 is 2.07 bits per heavy atom. The van der Waals surface area contributed by atoms with Crippen molar-refractivity contribution in [3.05, 3.63) is 0 Å². The summed E-state index contributed by atoms with van der Waals surface area (Å²) in [6.45, 7) is 7.44. The average molecular weight is 201 g/mol. The third-order valence-electron chi connectivity index (χ3n) is 2.68. The zero-order chi connectivity index (χ0) is 10.2. The van der Waals surface area contributed by atoms with Gasteiger partial charge >= 0.3 is 0 Å². The van der Waals surface area contributed by atoms with E-state index in [-0.39, 0.29) is 0 Å². The van der Waals surface area contributed by atoms with E-state index in [0.717, 1.165) is 26.4 Å². The molecule has 0 aromatic heterocycles. The molecule has 0 spiro atoms. The Hall–Kier alpha value is -0.120. The average Bonchev–Trinajstić information content (AvgIpc) is 2.61. The summed E-state index contributed by atoms with van der Waals surface area (Å²) in [5, 5.41) is 3.47. The lowest BCUT2D eigenvalue weighted by Crippen LogP contribution is -2.37. The van der Waals surface area contributed by atoms with Gasteiger partial charge in [-0.2, -0.15) is 0 Å². The predicted octanol–water partition coefficient (Wildman–Crippen LogP) is 1.57. The number of ether oxygens (including phenoxy) is 2. The number of likely N-dealkylation sites (N-methyl/N-ethyl adjacent to an activating group) is 1. The Morgan fingerprint density at radius 3 is 2.79 bits per heavy atom. The van der Waals surface area contributed by atoms with Crippen molar-refractivity contribution in [3.63, 3.8) is 0 Å². The molecule has 1 fully saturated rings. The molecule has 0 saturated heterocycles. The molecule has 0 aromatic carbocycles. The number of nitrogens with one attached hydrogen (secondary N) is 1. The Bertz CT molecular complexity index is 141. The molecular formula is C11H23NO2. The molecule has 1 N–H and O–H groups in total. The number of hydrogen-bond donors (Lipinski definition) is 1. The van der Waals surface area contributed by atoms with Crippen molar-refractivity contribution >= 4 is 0 Å². The lowest BCUT2D eigenvalue weighted by atomic mass is 10.2. The maximum atomic E-state index is 5.78. The van der Waals surface area contributed by atoms with Gasteiger partial charge in [0.1, 0.15) is 0 Å². The minimum Gasteiger partial charge on any atom is -0.379 e. The van der Waals surface area contributed by atoms with Gasteiger partial charge in [-0.15, -0.1) is 0 Å². The van der Waals surface area contributed by atoms with Gasteiger partial charge in [0.05, 0.1) is 19.3 Å². The molecule has 1 aliphatic rings. The van der Waals surface area contributed by atoms with E-state index in [9.17, 15) is 0 Å². The highest BCUT2D eigenvalue weighted by Gasteiger charge is 2.26. The first-order valence-electron chi connectivity index (χ1n) is 5.81. The molecule has 0 heterocycles. The van der Waals surface area contributed by atoms with Crippen molar-refractivity contribution in [3.8, 4) is 0 Å². The molecule has 0 aliphatic heterocycles. The Labute approximate surface area is 87.2 Å². The molecule has 1 saturated carbocycles. The summed E-state index contributed by atoms with van der Waals surface area (Å²) in [7, 11) is 0. The maximum absolute atomic E-state index is 5.78. The summed E-state index contributed by atoms with van der Waals surface area (Å²) in [6.07, 6.45) is 4.16. The van der Waals surface area contributed by atoms with Crippen LogP contribution in [0.5, 0.6) is 0 Å². The lowest BCUT2D eigenvalue weighted by molar-refractivity contribution is -0.000118. The molecule has 1 aliphatic carbocycles. The molecule has 0 amide bonds. The zero-order valence-corrected chi connectivity index (χ0v) is 9.42. The first-order valence-corrected chi connectivity index (χ1v) is 5.81. The Morgan fingerprint density at radius 1 is 1.21 bits per heavy atom. The third-order valence-corrected chi connectivity index (χ3v) is 2.68. The highest BCUT2D eigenvalue weighted by atomic mass is 16.5. The van der Waals surface area contributed by atoms with Gasteiger partial charge in [-0.1, -0.05) is 6.92 Å².